The van der Waals surface area contributed by atoms with Crippen molar-refractivity contribution in [1.82, 2.24) is 35.4 Å². The second kappa shape index (κ2) is 8.38. The van der Waals surface area contributed by atoms with Crippen LogP contribution in [-0.4, -0.2) is 35.4 Å². The fourth-order valence-corrected chi connectivity index (χ4v) is 3.26. The summed E-state index contributed by atoms with van der Waals surface area (Å²) >= 11 is 9.04. The second-order valence-corrected chi connectivity index (χ2v) is 8.70. The molecule has 0 radical (unpaired) electrons. The fraction of sp³-hybridized carbons (Fsp3) is 0.250. The number of tetrazole rings is 1. The van der Waals surface area contributed by atoms with Crippen molar-refractivity contribution in [3.05, 3.63) is 77.4 Å². The van der Waals surface area contributed by atoms with Crippen molar-refractivity contribution < 1.29 is 0 Å². The number of nitrogens with zero attached hydrogens (tertiary/aromatic N) is 6. The number of aromatic nitrogens is 7. The lowest BCUT2D eigenvalue weighted by Crippen LogP contribution is -2.12. The van der Waals surface area contributed by atoms with Crippen LogP contribution in [0.25, 0.3) is 11.4 Å². The molecule has 9 heteroatoms. The van der Waals surface area contributed by atoms with Gasteiger partial charge in [0.05, 0.1) is 6.54 Å². The first-order chi connectivity index (χ1) is 14.0. The van der Waals surface area contributed by atoms with E-state index < -0.39 is 4.08 Å². The van der Waals surface area contributed by atoms with E-state index in [2.05, 4.69) is 86.3 Å². The Labute approximate surface area is 179 Å². The highest BCUT2D eigenvalue weighted by Crippen LogP contribution is 2.33. The van der Waals surface area contributed by atoms with E-state index in [1.807, 2.05) is 29.8 Å². The molecular formula is C20H21N7S2. The van der Waals surface area contributed by atoms with Crippen molar-refractivity contribution in [3.8, 4) is 11.4 Å². The summed E-state index contributed by atoms with van der Waals surface area (Å²) in [6, 6.07) is 16.6. The van der Waals surface area contributed by atoms with Gasteiger partial charge < -0.3 is 0 Å². The van der Waals surface area contributed by atoms with Crippen LogP contribution in [0.15, 0.2) is 54.9 Å². The van der Waals surface area contributed by atoms with E-state index >= 15 is 0 Å². The summed E-state index contributed by atoms with van der Waals surface area (Å²) in [7, 11) is 0. The van der Waals surface area contributed by atoms with Crippen LogP contribution < -0.4 is 0 Å². The van der Waals surface area contributed by atoms with Crippen LogP contribution in [0.4, 0.5) is 0 Å². The minimum Gasteiger partial charge on any atom is -0.248 e. The Bertz CT molecular complexity index is 1070. The lowest BCUT2D eigenvalue weighted by Gasteiger charge is -2.15. The first-order valence-corrected chi connectivity index (χ1v) is 10.2. The number of hydrogen-bond donors (Lipinski definition) is 3. The van der Waals surface area contributed by atoms with Crippen molar-refractivity contribution in [3.63, 3.8) is 0 Å². The van der Waals surface area contributed by atoms with Crippen LogP contribution in [0.5, 0.6) is 0 Å². The molecule has 0 unspecified atom stereocenters. The SMILES string of the molecule is CCC(S)(S)c1ncn(Cc2ccc(Cc3ccccc3-c3nn[nH]n3)cc2)n1. The number of H-pyrrole nitrogens is 1. The highest BCUT2D eigenvalue weighted by atomic mass is 32.2. The van der Waals surface area contributed by atoms with Gasteiger partial charge in [-0.3, -0.25) is 0 Å². The fourth-order valence-electron chi connectivity index (χ4n) is 3.05. The Hall–Kier alpha value is -2.65. The van der Waals surface area contributed by atoms with Gasteiger partial charge >= 0.3 is 0 Å². The summed E-state index contributed by atoms with van der Waals surface area (Å²) in [6.45, 7) is 2.66. The van der Waals surface area contributed by atoms with Gasteiger partial charge in [0.2, 0.25) is 5.82 Å². The largest absolute Gasteiger partial charge is 0.248 e. The predicted octanol–water partition coefficient (Wildman–Crippen LogP) is 3.52. The topological polar surface area (TPSA) is 85.2 Å². The first-order valence-electron chi connectivity index (χ1n) is 9.29. The zero-order valence-electron chi connectivity index (χ0n) is 15.9. The smallest absolute Gasteiger partial charge is 0.204 e. The molecule has 148 valence electrons. The lowest BCUT2D eigenvalue weighted by atomic mass is 9.98. The molecule has 4 rings (SSSR count). The minimum absolute atomic E-state index is 0.607. The second-order valence-electron chi connectivity index (χ2n) is 6.82. The molecule has 1 N–H and O–H groups in total. The molecule has 0 saturated carbocycles. The number of nitrogens with one attached hydrogen (secondary N) is 1. The maximum absolute atomic E-state index is 4.52. The highest BCUT2D eigenvalue weighted by molar-refractivity contribution is 7.99. The number of rotatable bonds is 7. The molecule has 0 spiro atoms. The van der Waals surface area contributed by atoms with Crippen molar-refractivity contribution in [1.29, 1.82) is 0 Å². The summed E-state index contributed by atoms with van der Waals surface area (Å²) < 4.78 is 1.20. The summed E-state index contributed by atoms with van der Waals surface area (Å²) in [4.78, 5) is 4.34. The molecule has 0 bridgehead atoms. The average Bonchev–Trinajstić information content (AvgIpc) is 3.42. The Morgan fingerprint density at radius 3 is 2.52 bits per heavy atom. The normalized spacial score (nSPS) is 11.7. The molecule has 0 aliphatic heterocycles. The van der Waals surface area contributed by atoms with E-state index in [-0.39, 0.29) is 0 Å². The van der Waals surface area contributed by atoms with Gasteiger partial charge in [-0.2, -0.15) is 35.6 Å². The number of aromatic amines is 1. The van der Waals surface area contributed by atoms with Crippen LogP contribution >= 0.6 is 25.3 Å². The summed E-state index contributed by atoms with van der Waals surface area (Å²) in [6.07, 6.45) is 3.25. The first kappa shape index (κ1) is 19.7. The van der Waals surface area contributed by atoms with E-state index in [1.54, 1.807) is 6.33 Å². The van der Waals surface area contributed by atoms with Crippen molar-refractivity contribution in [2.45, 2.75) is 30.4 Å². The maximum atomic E-state index is 4.52. The number of hydrogen-bond acceptors (Lipinski definition) is 7. The molecule has 7 nitrogen and oxygen atoms in total. The highest BCUT2D eigenvalue weighted by Gasteiger charge is 2.25. The van der Waals surface area contributed by atoms with Gasteiger partial charge in [-0.1, -0.05) is 55.5 Å². The molecule has 0 atom stereocenters. The maximum Gasteiger partial charge on any atom is 0.204 e. The molecule has 0 amide bonds. The molecule has 0 fully saturated rings. The third-order valence-electron chi connectivity index (χ3n) is 4.75. The molecule has 2 aromatic heterocycles. The Kier molecular flexibility index (Phi) is 5.68. The van der Waals surface area contributed by atoms with E-state index in [9.17, 15) is 0 Å². The average molecular weight is 424 g/mol. The third-order valence-corrected chi connectivity index (χ3v) is 5.79. The van der Waals surface area contributed by atoms with Gasteiger partial charge in [0.25, 0.3) is 0 Å². The van der Waals surface area contributed by atoms with Gasteiger partial charge in [-0.25, -0.2) is 9.67 Å². The molecular weight excluding hydrogens is 402 g/mol. The number of thiol groups is 2. The predicted molar refractivity (Wildman–Crippen MR) is 118 cm³/mol. The van der Waals surface area contributed by atoms with Gasteiger partial charge in [0.15, 0.2) is 5.82 Å². The van der Waals surface area contributed by atoms with Gasteiger partial charge in [0, 0.05) is 5.56 Å². The zero-order valence-corrected chi connectivity index (χ0v) is 17.7. The Morgan fingerprint density at radius 2 is 1.79 bits per heavy atom. The molecule has 0 saturated heterocycles. The molecule has 29 heavy (non-hydrogen) atoms. The van der Waals surface area contributed by atoms with Gasteiger partial charge in [-0.15, -0.1) is 10.2 Å². The Morgan fingerprint density at radius 1 is 1.03 bits per heavy atom. The van der Waals surface area contributed by atoms with E-state index in [0.29, 0.717) is 18.2 Å². The monoisotopic (exact) mass is 423 g/mol. The van der Waals surface area contributed by atoms with E-state index in [1.165, 1.54) is 5.56 Å². The third kappa shape index (κ3) is 4.51. The van der Waals surface area contributed by atoms with Crippen molar-refractivity contribution in [2.75, 3.05) is 0 Å². The van der Waals surface area contributed by atoms with Crippen LogP contribution in [0.2, 0.25) is 0 Å². The lowest BCUT2D eigenvalue weighted by molar-refractivity contribution is 0.658. The quantitative estimate of drug-likeness (QED) is 0.313. The molecule has 2 heterocycles. The van der Waals surface area contributed by atoms with Crippen molar-refractivity contribution >= 4 is 25.3 Å². The summed E-state index contributed by atoms with van der Waals surface area (Å²) in [5.74, 6) is 1.23. The van der Waals surface area contributed by atoms with Crippen molar-refractivity contribution in [2.24, 2.45) is 0 Å². The van der Waals surface area contributed by atoms with Crippen LogP contribution in [-0.2, 0) is 17.0 Å². The van der Waals surface area contributed by atoms with E-state index in [4.69, 9.17) is 0 Å². The molecule has 0 aliphatic carbocycles. The summed E-state index contributed by atoms with van der Waals surface area (Å²) in [5, 5.41) is 18.9. The molecule has 0 aliphatic rings. The number of benzene rings is 2. The van der Waals surface area contributed by atoms with Crippen LogP contribution in [0.1, 0.15) is 35.9 Å². The minimum atomic E-state index is -0.610. The van der Waals surface area contributed by atoms with Crippen LogP contribution in [0.3, 0.4) is 0 Å². The standard InChI is InChI=1S/C20H21N7S2/c1-2-20(28,29)19-21-13-27(24-19)12-15-9-7-14(8-10-15)11-16-5-3-4-6-17(16)18-22-25-26-23-18/h3-10,13,28-29H,2,11-12H2,1H3,(H,22,23,25,26). The van der Waals surface area contributed by atoms with Gasteiger partial charge in [-0.05, 0) is 34.7 Å². The molecule has 2 aromatic carbocycles. The summed E-state index contributed by atoms with van der Waals surface area (Å²) in [5.41, 5.74) is 4.50. The van der Waals surface area contributed by atoms with Crippen LogP contribution in [0, 0.1) is 0 Å². The molecule has 4 aromatic rings. The zero-order chi connectivity index (χ0) is 20.3. The van der Waals surface area contributed by atoms with Gasteiger partial charge in [0.1, 0.15) is 10.4 Å². The van der Waals surface area contributed by atoms with E-state index in [0.717, 1.165) is 29.5 Å². The Balaban J connectivity index is 1.47.